The molecule has 0 radical (unpaired) electrons. The summed E-state index contributed by atoms with van der Waals surface area (Å²) in [6.45, 7) is 2.00. The number of carbonyl (C=O) groups is 2. The van der Waals surface area contributed by atoms with Gasteiger partial charge in [0.2, 0.25) is 0 Å². The molecule has 0 saturated carbocycles. The minimum absolute atomic E-state index is 0.221. The highest BCUT2D eigenvalue weighted by Gasteiger charge is 2.28. The second kappa shape index (κ2) is 5.91. The normalized spacial score (nSPS) is 17.5. The van der Waals surface area contributed by atoms with Gasteiger partial charge < -0.3 is 9.47 Å². The zero-order chi connectivity index (χ0) is 13.0. The van der Waals surface area contributed by atoms with Crippen molar-refractivity contribution in [3.05, 3.63) is 24.3 Å². The molecular formula is C13H14O4S. The quantitative estimate of drug-likeness (QED) is 0.617. The number of benzene rings is 1. The van der Waals surface area contributed by atoms with Crippen molar-refractivity contribution in [2.75, 3.05) is 12.4 Å². The van der Waals surface area contributed by atoms with Gasteiger partial charge in [-0.3, -0.25) is 9.59 Å². The Hall–Kier alpha value is -1.49. The largest absolute Gasteiger partial charge is 0.481 e. The lowest BCUT2D eigenvalue weighted by atomic mass is 10.2. The Bertz CT molecular complexity index is 458. The van der Waals surface area contributed by atoms with Gasteiger partial charge in [-0.25, -0.2) is 0 Å². The Balaban J connectivity index is 1.96. The predicted octanol–water partition coefficient (Wildman–Crippen LogP) is 2.06. The summed E-state index contributed by atoms with van der Waals surface area (Å²) >= 11 is 1.57. The van der Waals surface area contributed by atoms with Crippen LogP contribution in [-0.4, -0.2) is 30.2 Å². The van der Waals surface area contributed by atoms with E-state index in [1.165, 1.54) is 0 Å². The van der Waals surface area contributed by atoms with Crippen molar-refractivity contribution < 1.29 is 19.1 Å². The van der Waals surface area contributed by atoms with Gasteiger partial charge in [-0.1, -0.05) is 12.1 Å². The molecule has 1 aliphatic rings. The van der Waals surface area contributed by atoms with Gasteiger partial charge in [0.15, 0.2) is 11.9 Å². The van der Waals surface area contributed by atoms with E-state index in [0.717, 1.165) is 4.90 Å². The zero-order valence-electron chi connectivity index (χ0n) is 10.0. The fourth-order valence-electron chi connectivity index (χ4n) is 1.65. The van der Waals surface area contributed by atoms with Crippen molar-refractivity contribution >= 4 is 23.5 Å². The standard InChI is InChI=1S/C13H14O4S/c1-2-16-13(15)7-9(14)11-8-18-12-6-4-3-5-10(12)17-11/h3-6,11H,2,7-8H2,1H3. The van der Waals surface area contributed by atoms with Crippen molar-refractivity contribution in [3.8, 4) is 5.75 Å². The van der Waals surface area contributed by atoms with E-state index in [-0.39, 0.29) is 18.8 Å². The number of hydrogen-bond donors (Lipinski definition) is 0. The predicted molar refractivity (Wildman–Crippen MR) is 67.8 cm³/mol. The van der Waals surface area contributed by atoms with Gasteiger partial charge in [0.1, 0.15) is 12.2 Å². The molecule has 18 heavy (non-hydrogen) atoms. The lowest BCUT2D eigenvalue weighted by Gasteiger charge is -2.24. The van der Waals surface area contributed by atoms with E-state index in [4.69, 9.17) is 9.47 Å². The third kappa shape index (κ3) is 3.04. The number of para-hydroxylation sites is 1. The van der Waals surface area contributed by atoms with E-state index in [0.29, 0.717) is 11.5 Å². The third-order valence-corrected chi connectivity index (χ3v) is 3.61. The smallest absolute Gasteiger partial charge is 0.313 e. The molecule has 0 fully saturated rings. The maximum atomic E-state index is 11.9. The van der Waals surface area contributed by atoms with Crippen LogP contribution in [0.15, 0.2) is 29.2 Å². The fraction of sp³-hybridized carbons (Fsp3) is 0.385. The molecule has 1 aliphatic heterocycles. The van der Waals surface area contributed by atoms with Crippen LogP contribution in [0.4, 0.5) is 0 Å². The first kappa shape index (κ1) is 13.0. The Morgan fingerprint density at radius 3 is 3.00 bits per heavy atom. The van der Waals surface area contributed by atoms with Crippen LogP contribution in [0.1, 0.15) is 13.3 Å². The minimum atomic E-state index is -0.561. The Morgan fingerprint density at radius 1 is 1.44 bits per heavy atom. The van der Waals surface area contributed by atoms with E-state index in [2.05, 4.69) is 0 Å². The molecule has 1 atom stereocenters. The summed E-state index contributed by atoms with van der Waals surface area (Å²) < 4.78 is 10.3. The second-order valence-electron chi connectivity index (χ2n) is 3.81. The third-order valence-electron chi connectivity index (χ3n) is 2.49. The van der Waals surface area contributed by atoms with E-state index in [1.807, 2.05) is 24.3 Å². The Kier molecular flexibility index (Phi) is 4.25. The first-order valence-electron chi connectivity index (χ1n) is 5.77. The molecule has 1 unspecified atom stereocenters. The molecule has 0 spiro atoms. The van der Waals surface area contributed by atoms with Crippen LogP contribution in [0, 0.1) is 0 Å². The molecule has 0 aromatic heterocycles. The highest BCUT2D eigenvalue weighted by molar-refractivity contribution is 7.99. The second-order valence-corrected chi connectivity index (χ2v) is 4.87. The number of carbonyl (C=O) groups excluding carboxylic acids is 2. The summed E-state index contributed by atoms with van der Waals surface area (Å²) in [7, 11) is 0. The number of ether oxygens (including phenoxy) is 2. The van der Waals surface area contributed by atoms with E-state index in [9.17, 15) is 9.59 Å². The van der Waals surface area contributed by atoms with Crippen molar-refractivity contribution in [3.63, 3.8) is 0 Å². The van der Waals surface area contributed by atoms with Crippen molar-refractivity contribution in [1.29, 1.82) is 0 Å². The fourth-order valence-corrected chi connectivity index (χ4v) is 2.66. The first-order valence-corrected chi connectivity index (χ1v) is 6.76. The summed E-state index contributed by atoms with van der Waals surface area (Å²) in [5.41, 5.74) is 0. The van der Waals surface area contributed by atoms with Gasteiger partial charge in [0.25, 0.3) is 0 Å². The van der Waals surface area contributed by atoms with E-state index in [1.54, 1.807) is 18.7 Å². The van der Waals surface area contributed by atoms with E-state index >= 15 is 0 Å². The van der Waals surface area contributed by atoms with E-state index < -0.39 is 12.1 Å². The molecule has 0 aliphatic carbocycles. The maximum absolute atomic E-state index is 11.9. The van der Waals surface area contributed by atoms with Gasteiger partial charge in [0.05, 0.1) is 6.61 Å². The number of thioether (sulfide) groups is 1. The molecule has 1 aromatic rings. The number of Topliss-reactive ketones (excluding diaryl/α,β-unsaturated/α-hetero) is 1. The molecule has 0 saturated heterocycles. The maximum Gasteiger partial charge on any atom is 0.313 e. The molecule has 0 amide bonds. The Morgan fingerprint density at radius 2 is 2.22 bits per heavy atom. The van der Waals surface area contributed by atoms with Gasteiger partial charge >= 0.3 is 5.97 Å². The topological polar surface area (TPSA) is 52.6 Å². The molecule has 0 bridgehead atoms. The molecule has 96 valence electrons. The summed E-state index contributed by atoms with van der Waals surface area (Å²) in [5, 5.41) is 0. The number of ketones is 1. The van der Waals surface area contributed by atoms with Crippen LogP contribution < -0.4 is 4.74 Å². The molecule has 1 aromatic carbocycles. The number of fused-ring (bicyclic) bond motifs is 1. The summed E-state index contributed by atoms with van der Waals surface area (Å²) in [4.78, 5) is 24.1. The average molecular weight is 266 g/mol. The van der Waals surface area contributed by atoms with Gasteiger partial charge in [-0.2, -0.15) is 0 Å². The molecule has 2 rings (SSSR count). The van der Waals surface area contributed by atoms with Crippen LogP contribution >= 0.6 is 11.8 Å². The highest BCUT2D eigenvalue weighted by Crippen LogP contribution is 2.35. The van der Waals surface area contributed by atoms with Gasteiger partial charge in [-0.15, -0.1) is 11.8 Å². The molecule has 1 heterocycles. The van der Waals surface area contributed by atoms with Gasteiger partial charge in [0, 0.05) is 10.6 Å². The minimum Gasteiger partial charge on any atom is -0.481 e. The average Bonchev–Trinajstić information content (AvgIpc) is 2.38. The Labute approximate surface area is 110 Å². The molecule has 0 N–H and O–H groups in total. The molecule has 4 nitrogen and oxygen atoms in total. The van der Waals surface area contributed by atoms with Crippen molar-refractivity contribution in [1.82, 2.24) is 0 Å². The highest BCUT2D eigenvalue weighted by atomic mass is 32.2. The molecular weight excluding hydrogens is 252 g/mol. The van der Waals surface area contributed by atoms with Crippen LogP contribution in [0.5, 0.6) is 5.75 Å². The monoisotopic (exact) mass is 266 g/mol. The summed E-state index contributed by atoms with van der Waals surface area (Å²) in [6.07, 6.45) is -0.782. The van der Waals surface area contributed by atoms with Crippen LogP contribution in [-0.2, 0) is 14.3 Å². The van der Waals surface area contributed by atoms with Gasteiger partial charge in [-0.05, 0) is 19.1 Å². The number of esters is 1. The number of rotatable bonds is 4. The summed E-state index contributed by atoms with van der Waals surface area (Å²) in [6, 6.07) is 7.56. The van der Waals surface area contributed by atoms with Crippen molar-refractivity contribution in [2.24, 2.45) is 0 Å². The summed E-state index contributed by atoms with van der Waals surface area (Å²) in [5.74, 6) is 0.524. The molecule has 5 heteroatoms. The first-order chi connectivity index (χ1) is 8.70. The van der Waals surface area contributed by atoms with Crippen molar-refractivity contribution in [2.45, 2.75) is 24.3 Å². The SMILES string of the molecule is CCOC(=O)CC(=O)C1CSc2ccccc2O1. The zero-order valence-corrected chi connectivity index (χ0v) is 10.9. The lowest BCUT2D eigenvalue weighted by Crippen LogP contribution is -2.33. The van der Waals surface area contributed by atoms with Crippen LogP contribution in [0.2, 0.25) is 0 Å². The number of hydrogen-bond acceptors (Lipinski definition) is 5. The van der Waals surface area contributed by atoms with Crippen LogP contribution in [0.3, 0.4) is 0 Å². The lowest BCUT2D eigenvalue weighted by molar-refractivity contribution is -0.146. The van der Waals surface area contributed by atoms with Crippen LogP contribution in [0.25, 0.3) is 0 Å².